The molecule has 10 nitrogen and oxygen atoms in total. The lowest BCUT2D eigenvalue weighted by molar-refractivity contribution is 0.0564. The van der Waals surface area contributed by atoms with Gasteiger partial charge in [0.25, 0.3) is 0 Å². The maximum Gasteiger partial charge on any atom is 0.333 e. The fourth-order valence-electron chi connectivity index (χ4n) is 4.61. The molecule has 5 rings (SSSR count). The molecule has 4 heterocycles. The minimum absolute atomic E-state index is 0.0584. The zero-order chi connectivity index (χ0) is 28.8. The Kier molecular flexibility index (Phi) is 7.82. The quantitative estimate of drug-likeness (QED) is 0.382. The standard InChI is InChI=1S/C23H22ClF3N6O4S3/c1-39(34,35)8-9-40(36,37)31-14-11-18-19(17-4-6-33(30-17)23(26)27)20(15-3-2-13(25)10-16(15)24)29-21(32(18)12-14)22-28-5-7-38-22/h2-7,10,14,20,23,31H,8-9,11-12H2,1H3/t14-,20-/m0/s1. The van der Waals surface area contributed by atoms with Crippen molar-refractivity contribution in [2.45, 2.75) is 25.1 Å². The Morgan fingerprint density at radius 1 is 1.20 bits per heavy atom. The van der Waals surface area contributed by atoms with Crippen LogP contribution in [0.3, 0.4) is 0 Å². The molecule has 40 heavy (non-hydrogen) atoms. The second-order valence-electron chi connectivity index (χ2n) is 9.26. The molecule has 2 aliphatic rings. The van der Waals surface area contributed by atoms with Gasteiger partial charge in [0, 0.05) is 64.9 Å². The van der Waals surface area contributed by atoms with Crippen LogP contribution in [0.4, 0.5) is 13.2 Å². The van der Waals surface area contributed by atoms with E-state index in [-0.39, 0.29) is 23.7 Å². The van der Waals surface area contributed by atoms with Crippen molar-refractivity contribution in [2.24, 2.45) is 4.99 Å². The molecule has 0 aliphatic carbocycles. The summed E-state index contributed by atoms with van der Waals surface area (Å²) in [5.41, 5.74) is 1.49. The van der Waals surface area contributed by atoms with Crippen molar-refractivity contribution >= 4 is 54.2 Å². The number of hydrogen-bond donors (Lipinski definition) is 1. The summed E-state index contributed by atoms with van der Waals surface area (Å²) in [5, 5.41) is 6.35. The Hall–Kier alpha value is -2.79. The van der Waals surface area contributed by atoms with Gasteiger partial charge < -0.3 is 4.90 Å². The van der Waals surface area contributed by atoms with Crippen molar-refractivity contribution in [1.82, 2.24) is 24.4 Å². The first kappa shape index (κ1) is 28.7. The normalized spacial score (nSPS) is 19.9. The number of thiazole rings is 1. The van der Waals surface area contributed by atoms with Crippen LogP contribution >= 0.6 is 22.9 Å². The van der Waals surface area contributed by atoms with E-state index < -0.39 is 55.8 Å². The molecule has 1 aromatic carbocycles. The molecule has 2 aromatic heterocycles. The van der Waals surface area contributed by atoms with Crippen molar-refractivity contribution in [3.05, 3.63) is 74.8 Å². The smallest absolute Gasteiger partial charge is 0.326 e. The van der Waals surface area contributed by atoms with Crippen LogP contribution in [0.25, 0.3) is 5.57 Å². The molecule has 1 fully saturated rings. The first-order chi connectivity index (χ1) is 18.8. The minimum Gasteiger partial charge on any atom is -0.326 e. The number of amidine groups is 1. The first-order valence-electron chi connectivity index (χ1n) is 11.8. The lowest BCUT2D eigenvalue weighted by atomic mass is 9.92. The van der Waals surface area contributed by atoms with E-state index in [9.17, 15) is 30.0 Å². The average molecular weight is 635 g/mol. The Bertz CT molecular complexity index is 1710. The molecule has 3 aromatic rings. The van der Waals surface area contributed by atoms with Gasteiger partial charge in [0.15, 0.2) is 10.8 Å². The molecule has 1 saturated heterocycles. The number of rotatable bonds is 9. The topological polar surface area (TPSA) is 127 Å². The van der Waals surface area contributed by atoms with E-state index >= 15 is 0 Å². The van der Waals surface area contributed by atoms with Gasteiger partial charge in [0.1, 0.15) is 21.7 Å². The highest BCUT2D eigenvalue weighted by Gasteiger charge is 2.42. The fraction of sp³-hybridized carbons (Fsp3) is 0.348. The molecule has 0 unspecified atom stereocenters. The summed E-state index contributed by atoms with van der Waals surface area (Å²) in [6.45, 7) is -2.80. The number of benzene rings is 1. The van der Waals surface area contributed by atoms with Gasteiger partial charge in [0.05, 0.1) is 17.2 Å². The predicted octanol–water partition coefficient (Wildman–Crippen LogP) is 3.48. The number of aliphatic imine (C=N–C) groups is 1. The van der Waals surface area contributed by atoms with Crippen LogP contribution in [0.5, 0.6) is 0 Å². The van der Waals surface area contributed by atoms with Crippen molar-refractivity contribution in [3.8, 4) is 0 Å². The highest BCUT2D eigenvalue weighted by Crippen LogP contribution is 2.46. The van der Waals surface area contributed by atoms with E-state index in [1.807, 2.05) is 0 Å². The number of sulfone groups is 1. The number of aromatic nitrogens is 3. The molecule has 0 radical (unpaired) electrons. The summed E-state index contributed by atoms with van der Waals surface area (Å²) in [6, 6.07) is 3.56. The minimum atomic E-state index is -3.99. The highest BCUT2D eigenvalue weighted by atomic mass is 35.5. The van der Waals surface area contributed by atoms with Gasteiger partial charge in [-0.2, -0.15) is 13.9 Å². The molecule has 1 N–H and O–H groups in total. The summed E-state index contributed by atoms with van der Waals surface area (Å²) < 4.78 is 92.4. The Morgan fingerprint density at radius 3 is 2.60 bits per heavy atom. The lowest BCUT2D eigenvalue weighted by Gasteiger charge is -2.32. The largest absolute Gasteiger partial charge is 0.333 e. The maximum absolute atomic E-state index is 13.9. The van der Waals surface area contributed by atoms with Gasteiger partial charge in [-0.1, -0.05) is 17.7 Å². The van der Waals surface area contributed by atoms with E-state index in [1.165, 1.54) is 29.5 Å². The van der Waals surface area contributed by atoms with Crippen LogP contribution in [-0.4, -0.2) is 72.7 Å². The Balaban J connectivity index is 1.63. The van der Waals surface area contributed by atoms with Gasteiger partial charge >= 0.3 is 6.55 Å². The van der Waals surface area contributed by atoms with Crippen LogP contribution in [0.2, 0.25) is 5.02 Å². The molecule has 0 amide bonds. The van der Waals surface area contributed by atoms with Gasteiger partial charge in [-0.15, -0.1) is 11.3 Å². The van der Waals surface area contributed by atoms with Gasteiger partial charge in [-0.25, -0.2) is 35.6 Å². The number of nitrogens with one attached hydrogen (secondary N) is 1. The van der Waals surface area contributed by atoms with Gasteiger partial charge in [-0.3, -0.25) is 4.99 Å². The van der Waals surface area contributed by atoms with Crippen LogP contribution in [-0.2, 0) is 19.9 Å². The van der Waals surface area contributed by atoms with Crippen LogP contribution in [0.15, 0.2) is 52.7 Å². The molecule has 2 aliphatic heterocycles. The van der Waals surface area contributed by atoms with Crippen molar-refractivity contribution in [2.75, 3.05) is 24.3 Å². The molecule has 0 saturated carbocycles. The summed E-state index contributed by atoms with van der Waals surface area (Å²) in [4.78, 5) is 11.0. The molecule has 0 bridgehead atoms. The Labute approximate surface area is 237 Å². The third kappa shape index (κ3) is 6.10. The van der Waals surface area contributed by atoms with E-state index in [0.717, 1.165) is 18.5 Å². The van der Waals surface area contributed by atoms with Crippen LogP contribution < -0.4 is 4.72 Å². The van der Waals surface area contributed by atoms with E-state index in [4.69, 9.17) is 16.6 Å². The first-order valence-corrected chi connectivity index (χ1v) is 16.7. The van der Waals surface area contributed by atoms with E-state index in [2.05, 4.69) is 14.8 Å². The maximum atomic E-state index is 13.9. The zero-order valence-electron chi connectivity index (χ0n) is 20.7. The fourth-order valence-corrected chi connectivity index (χ4v) is 8.39. The SMILES string of the molecule is CS(=O)(=O)CCS(=O)(=O)N[C@H]1CC2=C(c3ccn(C(F)F)n3)[C@H](c3ccc(F)cc3Cl)N=C(c3nccs3)N2C1. The van der Waals surface area contributed by atoms with Crippen molar-refractivity contribution < 1.29 is 30.0 Å². The number of alkyl halides is 2. The summed E-state index contributed by atoms with van der Waals surface area (Å²) in [7, 11) is -7.51. The molecular weight excluding hydrogens is 613 g/mol. The molecule has 2 atom stereocenters. The molecule has 17 heteroatoms. The van der Waals surface area contributed by atoms with E-state index in [1.54, 1.807) is 16.5 Å². The number of nitrogens with zero attached hydrogens (tertiary/aromatic N) is 5. The number of fused-ring (bicyclic) bond motifs is 1. The second-order valence-corrected chi connectivity index (χ2v) is 14.7. The summed E-state index contributed by atoms with van der Waals surface area (Å²) in [5.74, 6) is -1.34. The number of halogens is 4. The average Bonchev–Trinajstić information content (AvgIpc) is 3.62. The highest BCUT2D eigenvalue weighted by molar-refractivity contribution is 7.93. The number of sulfonamides is 1. The second kappa shape index (κ2) is 10.9. The monoisotopic (exact) mass is 634 g/mol. The predicted molar refractivity (Wildman–Crippen MR) is 145 cm³/mol. The van der Waals surface area contributed by atoms with E-state index in [0.29, 0.717) is 32.4 Å². The van der Waals surface area contributed by atoms with Crippen molar-refractivity contribution in [1.29, 1.82) is 0 Å². The Morgan fingerprint density at radius 2 is 1.98 bits per heavy atom. The van der Waals surface area contributed by atoms with Gasteiger partial charge in [-0.05, 0) is 18.2 Å². The number of hydrogen-bond acceptors (Lipinski definition) is 9. The molecule has 214 valence electrons. The lowest BCUT2D eigenvalue weighted by Crippen LogP contribution is -2.41. The summed E-state index contributed by atoms with van der Waals surface area (Å²) >= 11 is 7.72. The summed E-state index contributed by atoms with van der Waals surface area (Å²) in [6.07, 6.45) is 3.74. The van der Waals surface area contributed by atoms with Crippen LogP contribution in [0.1, 0.15) is 35.3 Å². The third-order valence-electron chi connectivity index (χ3n) is 6.29. The third-order valence-corrected chi connectivity index (χ3v) is 10.0. The molecular formula is C23H22ClF3N6O4S3. The van der Waals surface area contributed by atoms with Gasteiger partial charge in [0.2, 0.25) is 10.0 Å². The van der Waals surface area contributed by atoms with Crippen molar-refractivity contribution in [3.63, 3.8) is 0 Å². The van der Waals surface area contributed by atoms with Crippen LogP contribution in [0, 0.1) is 5.82 Å². The molecule has 0 spiro atoms. The zero-order valence-corrected chi connectivity index (χ0v) is 23.9.